The molecule has 2 N–H and O–H groups in total. The van der Waals surface area contributed by atoms with Crippen LogP contribution in [-0.2, 0) is 23.1 Å². The minimum atomic E-state index is -3.73. The van der Waals surface area contributed by atoms with Crippen molar-refractivity contribution in [2.45, 2.75) is 13.0 Å². The summed E-state index contributed by atoms with van der Waals surface area (Å²) in [7, 11) is -2.28. The zero-order valence-corrected chi connectivity index (χ0v) is 15.6. The standard InChI is InChI=1S/C19H17NO6S/c1-25-18-4-3-11-7-15-13-9-17(22)16(21)8-12(13)5-6-20(15)10-14(11)19(18)26-27(2,23)24/h3-4,7-10,22H,5-6H2,1-2H3/p+1. The lowest BCUT2D eigenvalue weighted by Gasteiger charge is -2.17. The Hall–Kier alpha value is -3.00. The fraction of sp³-hybridized carbons (Fsp3) is 0.211. The number of aromatic nitrogens is 1. The van der Waals surface area contributed by atoms with Gasteiger partial charge >= 0.3 is 10.1 Å². The third-order valence-electron chi connectivity index (χ3n) is 4.63. The zero-order chi connectivity index (χ0) is 19.3. The van der Waals surface area contributed by atoms with Gasteiger partial charge < -0.3 is 19.1 Å². The maximum atomic E-state index is 11.7. The molecule has 1 aromatic heterocycles. The van der Waals surface area contributed by atoms with E-state index in [0.717, 1.165) is 28.5 Å². The normalized spacial score (nSPS) is 13.1. The van der Waals surface area contributed by atoms with Crippen LogP contribution in [0.1, 0.15) is 5.56 Å². The second-order valence-electron chi connectivity index (χ2n) is 6.49. The highest BCUT2D eigenvalue weighted by Crippen LogP contribution is 2.39. The molecular weight excluding hydrogens is 370 g/mol. The molecule has 0 saturated carbocycles. The Labute approximate surface area is 156 Å². The molecule has 7 nitrogen and oxygen atoms in total. The van der Waals surface area contributed by atoms with Gasteiger partial charge in [0, 0.05) is 12.5 Å². The fourth-order valence-electron chi connectivity index (χ4n) is 3.43. The molecule has 0 atom stereocenters. The summed E-state index contributed by atoms with van der Waals surface area (Å²) in [6, 6.07) is 8.48. The number of nitrogens with zero attached hydrogens (tertiary/aromatic N) is 1. The molecule has 0 amide bonds. The summed E-state index contributed by atoms with van der Waals surface area (Å²) in [5.41, 5.74) is 2.61. The molecular formula is C19H18NO6S+. The third-order valence-corrected chi connectivity index (χ3v) is 5.10. The minimum Gasteiger partial charge on any atom is -0.504 e. The largest absolute Gasteiger partial charge is 0.504 e. The number of ether oxygens (including phenoxy) is 1. The number of aromatic hydroxyl groups is 2. The van der Waals surface area contributed by atoms with Crippen LogP contribution in [0, 0.1) is 0 Å². The Bertz CT molecular complexity index is 1190. The number of phenols is 2. The SMILES string of the molecule is COc1ccc2cc3[n+](cc2c1OS(C)(=O)=O)CCc1cc(O)c(O)cc1-3. The van der Waals surface area contributed by atoms with E-state index >= 15 is 0 Å². The molecule has 140 valence electrons. The quantitative estimate of drug-likeness (QED) is 0.405. The van der Waals surface area contributed by atoms with Gasteiger partial charge in [-0.1, -0.05) is 0 Å². The summed E-state index contributed by atoms with van der Waals surface area (Å²) in [5.74, 6) is 0.147. The van der Waals surface area contributed by atoms with Crippen molar-refractivity contribution >= 4 is 20.9 Å². The lowest BCUT2D eigenvalue weighted by Crippen LogP contribution is -2.40. The lowest BCUT2D eigenvalue weighted by molar-refractivity contribution is -0.686. The van der Waals surface area contributed by atoms with Gasteiger partial charge in [0.25, 0.3) is 0 Å². The Balaban J connectivity index is 1.98. The van der Waals surface area contributed by atoms with Crippen LogP contribution in [0.4, 0.5) is 0 Å². The molecule has 0 saturated heterocycles. The Kier molecular flexibility index (Phi) is 3.88. The van der Waals surface area contributed by atoms with Gasteiger partial charge in [0.2, 0.25) is 5.69 Å². The highest BCUT2D eigenvalue weighted by Gasteiger charge is 2.27. The van der Waals surface area contributed by atoms with Gasteiger partial charge in [-0.3, -0.25) is 0 Å². The minimum absolute atomic E-state index is 0.142. The monoisotopic (exact) mass is 388 g/mol. The second kappa shape index (κ2) is 6.02. The van der Waals surface area contributed by atoms with Gasteiger partial charge in [0.05, 0.1) is 24.3 Å². The first-order chi connectivity index (χ1) is 12.8. The van der Waals surface area contributed by atoms with E-state index in [2.05, 4.69) is 0 Å². The highest BCUT2D eigenvalue weighted by molar-refractivity contribution is 7.86. The van der Waals surface area contributed by atoms with Crippen molar-refractivity contribution in [3.63, 3.8) is 0 Å². The first kappa shape index (κ1) is 17.4. The summed E-state index contributed by atoms with van der Waals surface area (Å²) in [6.45, 7) is 0.637. The summed E-state index contributed by atoms with van der Waals surface area (Å²) >= 11 is 0. The van der Waals surface area contributed by atoms with Crippen LogP contribution in [0.3, 0.4) is 0 Å². The average molecular weight is 388 g/mol. The van der Waals surface area contributed by atoms with Crippen LogP contribution in [0.2, 0.25) is 0 Å². The van der Waals surface area contributed by atoms with Gasteiger partial charge in [-0.2, -0.15) is 13.0 Å². The van der Waals surface area contributed by atoms with Crippen molar-refractivity contribution < 1.29 is 32.1 Å². The number of rotatable bonds is 3. The lowest BCUT2D eigenvalue weighted by atomic mass is 9.95. The van der Waals surface area contributed by atoms with Gasteiger partial charge in [-0.05, 0) is 35.2 Å². The number of fused-ring (bicyclic) bond motifs is 4. The molecule has 8 heteroatoms. The molecule has 0 aliphatic carbocycles. The van der Waals surface area contributed by atoms with Crippen molar-refractivity contribution in [1.82, 2.24) is 0 Å². The Morgan fingerprint density at radius 2 is 1.85 bits per heavy atom. The van der Waals surface area contributed by atoms with Crippen LogP contribution >= 0.6 is 0 Å². The molecule has 3 aromatic rings. The maximum Gasteiger partial charge on any atom is 0.306 e. The summed E-state index contributed by atoms with van der Waals surface area (Å²) < 4.78 is 35.8. The van der Waals surface area contributed by atoms with Gasteiger partial charge in [-0.15, -0.1) is 0 Å². The number of aryl methyl sites for hydroxylation is 2. The van der Waals surface area contributed by atoms with Gasteiger partial charge in [0.1, 0.15) is 0 Å². The van der Waals surface area contributed by atoms with E-state index in [1.54, 1.807) is 18.2 Å². The van der Waals surface area contributed by atoms with Crippen molar-refractivity contribution in [2.24, 2.45) is 0 Å². The zero-order valence-electron chi connectivity index (χ0n) is 14.8. The molecule has 27 heavy (non-hydrogen) atoms. The van der Waals surface area contributed by atoms with Crippen LogP contribution in [0.5, 0.6) is 23.0 Å². The Morgan fingerprint density at radius 1 is 1.11 bits per heavy atom. The molecule has 0 fully saturated rings. The average Bonchev–Trinajstić information content (AvgIpc) is 2.60. The van der Waals surface area contributed by atoms with Crippen LogP contribution in [0.25, 0.3) is 22.0 Å². The third kappa shape index (κ3) is 3.02. The van der Waals surface area contributed by atoms with E-state index in [9.17, 15) is 18.6 Å². The second-order valence-corrected chi connectivity index (χ2v) is 8.06. The maximum absolute atomic E-state index is 11.7. The molecule has 0 unspecified atom stereocenters. The van der Waals surface area contributed by atoms with Crippen LogP contribution < -0.4 is 13.5 Å². The predicted molar refractivity (Wildman–Crippen MR) is 98.6 cm³/mol. The fourth-order valence-corrected chi connectivity index (χ4v) is 3.91. The number of hydrogen-bond donors (Lipinski definition) is 2. The number of methoxy groups -OCH3 is 1. The Morgan fingerprint density at radius 3 is 2.56 bits per heavy atom. The molecule has 0 spiro atoms. The molecule has 4 rings (SSSR count). The number of benzene rings is 2. The molecule has 2 aromatic carbocycles. The van der Waals surface area contributed by atoms with Crippen molar-refractivity contribution in [3.05, 3.63) is 42.1 Å². The van der Waals surface area contributed by atoms with Crippen molar-refractivity contribution in [2.75, 3.05) is 13.4 Å². The van der Waals surface area contributed by atoms with Crippen LogP contribution in [-0.4, -0.2) is 32.0 Å². The summed E-state index contributed by atoms with van der Waals surface area (Å²) in [5, 5.41) is 21.0. The van der Waals surface area contributed by atoms with E-state index in [4.69, 9.17) is 8.92 Å². The highest BCUT2D eigenvalue weighted by atomic mass is 32.2. The summed E-state index contributed by atoms with van der Waals surface area (Å²) in [4.78, 5) is 0. The van der Waals surface area contributed by atoms with E-state index in [1.807, 2.05) is 22.9 Å². The van der Waals surface area contributed by atoms with Crippen molar-refractivity contribution in [1.29, 1.82) is 0 Å². The first-order valence-corrected chi connectivity index (χ1v) is 10.1. The molecule has 1 aliphatic rings. The van der Waals surface area contributed by atoms with E-state index in [0.29, 0.717) is 24.1 Å². The smallest absolute Gasteiger partial charge is 0.306 e. The van der Waals surface area contributed by atoms with Crippen molar-refractivity contribution in [3.8, 4) is 34.3 Å². The first-order valence-electron chi connectivity index (χ1n) is 8.25. The molecule has 0 bridgehead atoms. The molecule has 2 heterocycles. The van der Waals surface area contributed by atoms with E-state index in [1.165, 1.54) is 7.11 Å². The number of hydrogen-bond acceptors (Lipinski definition) is 6. The van der Waals surface area contributed by atoms with Gasteiger partial charge in [0.15, 0.2) is 35.7 Å². The van der Waals surface area contributed by atoms with E-state index in [-0.39, 0.29) is 17.2 Å². The molecule has 1 aliphatic heterocycles. The predicted octanol–water partition coefficient (Wildman–Crippen LogP) is 2.11. The topological polar surface area (TPSA) is 96.9 Å². The molecule has 0 radical (unpaired) electrons. The number of phenolic OH excluding ortho intramolecular Hbond substituents is 2. The van der Waals surface area contributed by atoms with Crippen LogP contribution in [0.15, 0.2) is 36.5 Å². The van der Waals surface area contributed by atoms with E-state index < -0.39 is 10.1 Å². The summed E-state index contributed by atoms with van der Waals surface area (Å²) in [6.07, 6.45) is 3.47. The number of pyridine rings is 1. The van der Waals surface area contributed by atoms with Gasteiger partial charge in [-0.25, -0.2) is 0 Å².